The number of amides is 1. The molecule has 2 aromatic carbocycles. The maximum absolute atomic E-state index is 12.3. The van der Waals surface area contributed by atoms with Crippen LogP contribution in [0.25, 0.3) is 5.57 Å². The summed E-state index contributed by atoms with van der Waals surface area (Å²) >= 11 is 2.19. The van der Waals surface area contributed by atoms with Crippen LogP contribution in [-0.4, -0.2) is 11.7 Å². The van der Waals surface area contributed by atoms with Gasteiger partial charge in [0.15, 0.2) is 0 Å². The van der Waals surface area contributed by atoms with Crippen LogP contribution in [0.15, 0.2) is 54.6 Å². The highest BCUT2D eigenvalue weighted by molar-refractivity contribution is 14.1. The molecule has 0 heterocycles. The van der Waals surface area contributed by atoms with Gasteiger partial charge in [-0.05, 0) is 64.4 Å². The molecular weight excluding hydrogens is 377 g/mol. The van der Waals surface area contributed by atoms with Crippen molar-refractivity contribution in [3.05, 3.63) is 69.3 Å². The number of rotatable bonds is 3. The van der Waals surface area contributed by atoms with Crippen LogP contribution in [0, 0.1) is 3.57 Å². The number of Topliss-reactive ketones (excluding diaryl/α,β-unsaturated/α-hetero) is 1. The van der Waals surface area contributed by atoms with Crippen LogP contribution >= 0.6 is 22.6 Å². The van der Waals surface area contributed by atoms with Crippen LogP contribution in [0.3, 0.4) is 0 Å². The molecule has 3 rings (SSSR count). The first-order valence-electron chi connectivity index (χ1n) is 6.55. The van der Waals surface area contributed by atoms with Gasteiger partial charge in [-0.15, -0.1) is 0 Å². The Morgan fingerprint density at radius 2 is 1.71 bits per heavy atom. The van der Waals surface area contributed by atoms with E-state index in [4.69, 9.17) is 0 Å². The average Bonchev–Trinajstić information content (AvgIpc) is 2.92. The molecule has 1 aliphatic rings. The molecular formula is C17H12INO2. The molecule has 1 N–H and O–H groups in total. The lowest BCUT2D eigenvalue weighted by atomic mass is 10.0. The first-order valence-corrected chi connectivity index (χ1v) is 7.63. The van der Waals surface area contributed by atoms with Gasteiger partial charge in [-0.25, -0.2) is 0 Å². The van der Waals surface area contributed by atoms with Gasteiger partial charge >= 0.3 is 0 Å². The molecule has 0 fully saturated rings. The summed E-state index contributed by atoms with van der Waals surface area (Å²) in [6.07, 6.45) is 2.52. The van der Waals surface area contributed by atoms with E-state index >= 15 is 0 Å². The van der Waals surface area contributed by atoms with Crippen molar-refractivity contribution < 1.29 is 9.59 Å². The first kappa shape index (κ1) is 14.0. The number of hydrogen-bond donors (Lipinski definition) is 1. The van der Waals surface area contributed by atoms with E-state index < -0.39 is 11.7 Å². The summed E-state index contributed by atoms with van der Waals surface area (Å²) in [7, 11) is 0. The highest BCUT2D eigenvalue weighted by Crippen LogP contribution is 2.28. The fourth-order valence-electron chi connectivity index (χ4n) is 2.34. The zero-order chi connectivity index (χ0) is 14.8. The number of halogens is 1. The summed E-state index contributed by atoms with van der Waals surface area (Å²) in [6.45, 7) is 0. The Hall–Kier alpha value is -1.95. The number of carbonyl (C=O) groups is 2. The van der Waals surface area contributed by atoms with E-state index in [9.17, 15) is 9.59 Å². The lowest BCUT2D eigenvalue weighted by molar-refractivity contribution is -0.131. The normalized spacial score (nSPS) is 12.5. The number of ketones is 1. The van der Waals surface area contributed by atoms with Gasteiger partial charge in [-0.1, -0.05) is 30.3 Å². The zero-order valence-electron chi connectivity index (χ0n) is 11.1. The molecule has 0 saturated heterocycles. The molecule has 0 unspecified atom stereocenters. The van der Waals surface area contributed by atoms with Gasteiger partial charge in [-0.2, -0.15) is 0 Å². The molecule has 0 spiro atoms. The minimum absolute atomic E-state index is 0.487. The first-order chi connectivity index (χ1) is 10.1. The van der Waals surface area contributed by atoms with Crippen LogP contribution in [-0.2, 0) is 16.0 Å². The van der Waals surface area contributed by atoms with Gasteiger partial charge in [0, 0.05) is 14.8 Å². The van der Waals surface area contributed by atoms with Crippen LogP contribution in [0.2, 0.25) is 0 Å². The molecule has 1 aliphatic carbocycles. The van der Waals surface area contributed by atoms with Crippen LogP contribution in [0.1, 0.15) is 11.1 Å². The number of carbonyl (C=O) groups excluding carboxylic acids is 2. The van der Waals surface area contributed by atoms with E-state index in [0.717, 1.165) is 14.7 Å². The van der Waals surface area contributed by atoms with Crippen LogP contribution in [0.4, 0.5) is 5.69 Å². The van der Waals surface area contributed by atoms with Gasteiger partial charge in [0.1, 0.15) is 0 Å². The highest BCUT2D eigenvalue weighted by atomic mass is 127. The molecule has 0 saturated carbocycles. The number of hydrogen-bond acceptors (Lipinski definition) is 2. The summed E-state index contributed by atoms with van der Waals surface area (Å²) in [4.78, 5) is 24.4. The number of anilines is 1. The third-order valence-electron chi connectivity index (χ3n) is 3.39. The van der Waals surface area contributed by atoms with Crippen LogP contribution < -0.4 is 5.32 Å². The second-order valence-corrected chi connectivity index (χ2v) is 6.01. The Morgan fingerprint density at radius 1 is 1.00 bits per heavy atom. The predicted octanol–water partition coefficient (Wildman–Crippen LogP) is 3.44. The van der Waals surface area contributed by atoms with Crippen molar-refractivity contribution in [1.82, 2.24) is 0 Å². The summed E-state index contributed by atoms with van der Waals surface area (Å²) in [6, 6.07) is 15.0. The standard InChI is InChI=1S/C17H12INO2/c18-12-6-8-13(9-7-12)19-17(21)16(20)15-10-5-11-3-1-2-4-14(11)15/h1-4,6-10H,5H2,(H,19,21). The van der Waals surface area contributed by atoms with Crippen molar-refractivity contribution >= 4 is 45.5 Å². The largest absolute Gasteiger partial charge is 0.319 e. The van der Waals surface area contributed by atoms with Crippen LogP contribution in [0.5, 0.6) is 0 Å². The molecule has 1 amide bonds. The molecule has 0 atom stereocenters. The quantitative estimate of drug-likeness (QED) is 0.646. The summed E-state index contributed by atoms with van der Waals surface area (Å²) < 4.78 is 1.07. The fourth-order valence-corrected chi connectivity index (χ4v) is 2.70. The van der Waals surface area contributed by atoms with Crippen molar-refractivity contribution in [3.8, 4) is 0 Å². The molecule has 0 aromatic heterocycles. The smallest absolute Gasteiger partial charge is 0.296 e. The van der Waals surface area contributed by atoms with Gasteiger partial charge in [-0.3, -0.25) is 9.59 Å². The Labute approximate surface area is 136 Å². The van der Waals surface area contributed by atoms with Crippen molar-refractivity contribution in [2.45, 2.75) is 6.42 Å². The minimum Gasteiger partial charge on any atom is -0.319 e. The second kappa shape index (κ2) is 5.81. The minimum atomic E-state index is -0.598. The maximum Gasteiger partial charge on any atom is 0.296 e. The molecule has 2 aromatic rings. The second-order valence-electron chi connectivity index (χ2n) is 4.77. The average molecular weight is 389 g/mol. The third-order valence-corrected chi connectivity index (χ3v) is 4.11. The molecule has 104 valence electrons. The number of benzene rings is 2. The summed E-state index contributed by atoms with van der Waals surface area (Å²) in [5, 5.41) is 2.64. The van der Waals surface area contributed by atoms with E-state index in [1.165, 1.54) is 0 Å². The van der Waals surface area contributed by atoms with Crippen molar-refractivity contribution in [2.75, 3.05) is 5.32 Å². The van der Waals surface area contributed by atoms with Crippen molar-refractivity contribution in [1.29, 1.82) is 0 Å². The molecule has 21 heavy (non-hydrogen) atoms. The maximum atomic E-state index is 12.3. The Balaban J connectivity index is 1.77. The third kappa shape index (κ3) is 2.90. The number of nitrogens with one attached hydrogen (secondary N) is 1. The van der Waals surface area contributed by atoms with Crippen molar-refractivity contribution in [2.24, 2.45) is 0 Å². The SMILES string of the molecule is O=C(Nc1ccc(I)cc1)C(=O)C1=CCc2ccccc21. The highest BCUT2D eigenvalue weighted by Gasteiger charge is 2.25. The molecule has 4 heteroatoms. The van der Waals surface area contributed by atoms with Crippen molar-refractivity contribution in [3.63, 3.8) is 0 Å². The molecule has 0 bridgehead atoms. The fraction of sp³-hybridized carbons (Fsp3) is 0.0588. The Bertz CT molecular complexity index is 748. The van der Waals surface area contributed by atoms with Gasteiger partial charge < -0.3 is 5.32 Å². The molecule has 0 radical (unpaired) electrons. The van der Waals surface area contributed by atoms with E-state index in [0.29, 0.717) is 17.7 Å². The lowest BCUT2D eigenvalue weighted by Gasteiger charge is -2.06. The Morgan fingerprint density at radius 3 is 2.48 bits per heavy atom. The van der Waals surface area contributed by atoms with E-state index in [-0.39, 0.29) is 0 Å². The molecule has 3 nitrogen and oxygen atoms in total. The number of fused-ring (bicyclic) bond motifs is 1. The van der Waals surface area contributed by atoms with E-state index in [1.54, 1.807) is 12.1 Å². The van der Waals surface area contributed by atoms with Gasteiger partial charge in [0.05, 0.1) is 0 Å². The Kier molecular flexibility index (Phi) is 3.88. The van der Waals surface area contributed by atoms with Gasteiger partial charge in [0.2, 0.25) is 0 Å². The monoisotopic (exact) mass is 389 g/mol. The number of allylic oxidation sites excluding steroid dienone is 1. The topological polar surface area (TPSA) is 46.2 Å². The lowest BCUT2D eigenvalue weighted by Crippen LogP contribution is -2.23. The molecule has 0 aliphatic heterocycles. The predicted molar refractivity (Wildman–Crippen MR) is 90.9 cm³/mol. The van der Waals surface area contributed by atoms with E-state index in [1.807, 2.05) is 42.5 Å². The van der Waals surface area contributed by atoms with Gasteiger partial charge in [0.25, 0.3) is 11.7 Å². The summed E-state index contributed by atoms with van der Waals surface area (Å²) in [5.74, 6) is -1.09. The zero-order valence-corrected chi connectivity index (χ0v) is 13.3. The summed E-state index contributed by atoms with van der Waals surface area (Å²) in [5.41, 5.74) is 3.07. The van der Waals surface area contributed by atoms with E-state index in [2.05, 4.69) is 27.9 Å².